The van der Waals surface area contributed by atoms with Gasteiger partial charge in [0.2, 0.25) is 5.91 Å². The largest absolute Gasteiger partial charge is 0.481 e. The first-order valence-corrected chi connectivity index (χ1v) is 9.24. The van der Waals surface area contributed by atoms with Crippen molar-refractivity contribution in [3.63, 3.8) is 0 Å². The fourth-order valence-corrected chi connectivity index (χ4v) is 4.45. The van der Waals surface area contributed by atoms with Crippen molar-refractivity contribution in [2.24, 2.45) is 11.8 Å². The summed E-state index contributed by atoms with van der Waals surface area (Å²) in [6.45, 7) is 0.691. The molecule has 1 saturated carbocycles. The van der Waals surface area contributed by atoms with E-state index in [1.54, 1.807) is 0 Å². The Morgan fingerprint density at radius 2 is 1.75 bits per heavy atom. The van der Waals surface area contributed by atoms with Crippen LogP contribution < -0.4 is 0 Å². The molecular formula is C18H21BrFNO3. The number of aliphatic carboxylic acids is 1. The Morgan fingerprint density at radius 3 is 2.38 bits per heavy atom. The number of amides is 1. The lowest BCUT2D eigenvalue weighted by Gasteiger charge is -2.32. The summed E-state index contributed by atoms with van der Waals surface area (Å²) in [5.74, 6) is -1.38. The number of halogens is 2. The highest BCUT2D eigenvalue weighted by atomic mass is 79.9. The fourth-order valence-electron chi connectivity index (χ4n) is 3.97. The number of carbonyl (C=O) groups excluding carboxylic acids is 1. The zero-order chi connectivity index (χ0) is 17.3. The summed E-state index contributed by atoms with van der Waals surface area (Å²) in [5, 5.41) is 9.08. The van der Waals surface area contributed by atoms with Gasteiger partial charge in [0.25, 0.3) is 0 Å². The Labute approximate surface area is 149 Å². The number of rotatable bonds is 3. The van der Waals surface area contributed by atoms with Gasteiger partial charge in [-0.1, -0.05) is 15.9 Å². The highest BCUT2D eigenvalue weighted by molar-refractivity contribution is 9.10. The Kier molecular flexibility index (Phi) is 5.23. The van der Waals surface area contributed by atoms with Gasteiger partial charge in [-0.15, -0.1) is 0 Å². The Balaban J connectivity index is 1.71. The lowest BCUT2D eigenvalue weighted by molar-refractivity contribution is -0.146. The van der Waals surface area contributed by atoms with E-state index in [1.165, 1.54) is 12.1 Å². The molecule has 2 aliphatic rings. The van der Waals surface area contributed by atoms with Crippen molar-refractivity contribution in [1.82, 2.24) is 4.90 Å². The van der Waals surface area contributed by atoms with Crippen molar-refractivity contribution in [3.8, 4) is 0 Å². The maximum absolute atomic E-state index is 13.7. The molecule has 1 saturated heterocycles. The van der Waals surface area contributed by atoms with Gasteiger partial charge in [0.1, 0.15) is 5.82 Å². The highest BCUT2D eigenvalue weighted by Gasteiger charge is 2.37. The summed E-state index contributed by atoms with van der Waals surface area (Å²) >= 11 is 3.31. The first kappa shape index (κ1) is 17.4. The Bertz CT molecular complexity index is 623. The molecule has 4 nitrogen and oxygen atoms in total. The monoisotopic (exact) mass is 397 g/mol. The SMILES string of the molecule is O=C(O)C1CCC(C(=O)N2CCCC2c2cc(F)cc(Br)c2)CC1. The van der Waals surface area contributed by atoms with Crippen molar-refractivity contribution >= 4 is 27.8 Å². The molecule has 1 atom stereocenters. The Hall–Kier alpha value is -1.43. The molecule has 3 rings (SSSR count). The molecule has 0 aromatic heterocycles. The van der Waals surface area contributed by atoms with E-state index < -0.39 is 5.97 Å². The zero-order valence-electron chi connectivity index (χ0n) is 13.4. The summed E-state index contributed by atoms with van der Waals surface area (Å²) in [5.41, 5.74) is 0.826. The van der Waals surface area contributed by atoms with E-state index >= 15 is 0 Å². The molecule has 0 bridgehead atoms. The third-order valence-electron chi connectivity index (χ3n) is 5.23. The number of carbonyl (C=O) groups is 2. The van der Waals surface area contributed by atoms with Gasteiger partial charge in [-0.3, -0.25) is 9.59 Å². The van der Waals surface area contributed by atoms with Gasteiger partial charge in [0.15, 0.2) is 0 Å². The molecular weight excluding hydrogens is 377 g/mol. The molecule has 0 spiro atoms. The number of likely N-dealkylation sites (tertiary alicyclic amines) is 1. The van der Waals surface area contributed by atoms with E-state index in [4.69, 9.17) is 5.11 Å². The normalized spacial score (nSPS) is 27.2. The van der Waals surface area contributed by atoms with Crippen LogP contribution in [0.5, 0.6) is 0 Å². The van der Waals surface area contributed by atoms with Crippen molar-refractivity contribution < 1.29 is 19.1 Å². The number of carboxylic acids is 1. The van der Waals surface area contributed by atoms with Crippen LogP contribution in [-0.4, -0.2) is 28.4 Å². The minimum Gasteiger partial charge on any atom is -0.481 e. The second-order valence-electron chi connectivity index (χ2n) is 6.78. The third kappa shape index (κ3) is 3.63. The average Bonchev–Trinajstić information content (AvgIpc) is 3.03. The van der Waals surface area contributed by atoms with Crippen LogP contribution in [0.25, 0.3) is 0 Å². The van der Waals surface area contributed by atoms with E-state index in [-0.39, 0.29) is 29.6 Å². The predicted molar refractivity (Wildman–Crippen MR) is 90.9 cm³/mol. The van der Waals surface area contributed by atoms with Crippen LogP contribution in [0.3, 0.4) is 0 Å². The minimum atomic E-state index is -0.760. The van der Waals surface area contributed by atoms with Crippen LogP contribution in [0.1, 0.15) is 50.1 Å². The highest BCUT2D eigenvalue weighted by Crippen LogP contribution is 2.37. The van der Waals surface area contributed by atoms with Gasteiger partial charge in [-0.05, 0) is 62.3 Å². The van der Waals surface area contributed by atoms with Crippen molar-refractivity contribution in [3.05, 3.63) is 34.1 Å². The molecule has 1 heterocycles. The molecule has 1 aliphatic heterocycles. The summed E-state index contributed by atoms with van der Waals surface area (Å²) in [4.78, 5) is 25.8. The van der Waals surface area contributed by atoms with Crippen molar-refractivity contribution in [2.75, 3.05) is 6.54 Å². The molecule has 1 aromatic rings. The van der Waals surface area contributed by atoms with Crippen LogP contribution in [0, 0.1) is 17.7 Å². The van der Waals surface area contributed by atoms with Crippen LogP contribution >= 0.6 is 15.9 Å². The van der Waals surface area contributed by atoms with Gasteiger partial charge in [0, 0.05) is 16.9 Å². The summed E-state index contributed by atoms with van der Waals surface area (Å²) in [6.07, 6.45) is 4.14. The molecule has 130 valence electrons. The van der Waals surface area contributed by atoms with E-state index in [0.717, 1.165) is 18.4 Å². The maximum Gasteiger partial charge on any atom is 0.306 e. The smallest absolute Gasteiger partial charge is 0.306 e. The molecule has 6 heteroatoms. The molecule has 1 N–H and O–H groups in total. The molecule has 1 aromatic carbocycles. The van der Waals surface area contributed by atoms with Crippen LogP contribution in [0.4, 0.5) is 4.39 Å². The van der Waals surface area contributed by atoms with E-state index in [9.17, 15) is 14.0 Å². The second-order valence-corrected chi connectivity index (χ2v) is 7.69. The van der Waals surface area contributed by atoms with E-state index in [2.05, 4.69) is 15.9 Å². The third-order valence-corrected chi connectivity index (χ3v) is 5.69. The van der Waals surface area contributed by atoms with Crippen LogP contribution in [0.2, 0.25) is 0 Å². The molecule has 1 amide bonds. The molecule has 0 radical (unpaired) electrons. The average molecular weight is 398 g/mol. The summed E-state index contributed by atoms with van der Waals surface area (Å²) in [7, 11) is 0. The summed E-state index contributed by atoms with van der Waals surface area (Å²) in [6, 6.07) is 4.71. The first-order chi connectivity index (χ1) is 11.5. The van der Waals surface area contributed by atoms with E-state index in [0.29, 0.717) is 36.7 Å². The topological polar surface area (TPSA) is 57.6 Å². The molecule has 24 heavy (non-hydrogen) atoms. The van der Waals surface area contributed by atoms with E-state index in [1.807, 2.05) is 11.0 Å². The maximum atomic E-state index is 13.7. The Morgan fingerprint density at radius 1 is 1.08 bits per heavy atom. The minimum absolute atomic E-state index is 0.0818. The van der Waals surface area contributed by atoms with Crippen LogP contribution in [0.15, 0.2) is 22.7 Å². The zero-order valence-corrected chi connectivity index (χ0v) is 15.0. The number of nitrogens with zero attached hydrogens (tertiary/aromatic N) is 1. The van der Waals surface area contributed by atoms with Crippen LogP contribution in [-0.2, 0) is 9.59 Å². The number of benzene rings is 1. The van der Waals surface area contributed by atoms with Gasteiger partial charge < -0.3 is 10.0 Å². The molecule has 1 unspecified atom stereocenters. The number of hydrogen-bond donors (Lipinski definition) is 1. The van der Waals surface area contributed by atoms with Crippen molar-refractivity contribution in [1.29, 1.82) is 0 Å². The molecule has 2 fully saturated rings. The first-order valence-electron chi connectivity index (χ1n) is 8.45. The van der Waals surface area contributed by atoms with Gasteiger partial charge in [-0.2, -0.15) is 0 Å². The number of carboxylic acid groups (broad SMARTS) is 1. The summed E-state index contributed by atoms with van der Waals surface area (Å²) < 4.78 is 14.4. The molecule has 1 aliphatic carbocycles. The van der Waals surface area contributed by atoms with Crippen molar-refractivity contribution in [2.45, 2.75) is 44.6 Å². The predicted octanol–water partition coefficient (Wildman–Crippen LogP) is 4.14. The van der Waals surface area contributed by atoms with Gasteiger partial charge >= 0.3 is 5.97 Å². The lowest BCUT2D eigenvalue weighted by Crippen LogP contribution is -2.38. The van der Waals surface area contributed by atoms with Gasteiger partial charge in [-0.25, -0.2) is 4.39 Å². The second kappa shape index (κ2) is 7.21. The lowest BCUT2D eigenvalue weighted by atomic mass is 9.81. The number of hydrogen-bond acceptors (Lipinski definition) is 2. The fraction of sp³-hybridized carbons (Fsp3) is 0.556. The quantitative estimate of drug-likeness (QED) is 0.833. The standard InChI is InChI=1S/C18H21BrFNO3/c19-14-8-13(9-15(20)10-14)16-2-1-7-21(16)17(22)11-3-5-12(6-4-11)18(23)24/h8-12,16H,1-7H2,(H,23,24). The van der Waals surface area contributed by atoms with Gasteiger partial charge in [0.05, 0.1) is 12.0 Å².